The molecule has 10 rings (SSSR count). The van der Waals surface area contributed by atoms with Gasteiger partial charge in [0.25, 0.3) is 11.8 Å². The van der Waals surface area contributed by atoms with Crippen molar-refractivity contribution in [1.82, 2.24) is 4.57 Å². The molecule has 8 aromatic carbocycles. The highest BCUT2D eigenvalue weighted by Gasteiger charge is 2.41. The van der Waals surface area contributed by atoms with Crippen LogP contribution in [0.5, 0.6) is 0 Å². The van der Waals surface area contributed by atoms with Gasteiger partial charge in [-0.2, -0.15) is 5.26 Å². The van der Waals surface area contributed by atoms with Crippen LogP contribution in [0.2, 0.25) is 0 Å². The van der Waals surface area contributed by atoms with E-state index in [-0.39, 0.29) is 0 Å². The minimum atomic E-state index is -0.416. The molecule has 1 aliphatic heterocycles. The number of rotatable bonds is 6. The molecule has 0 unspecified atom stereocenters. The number of hydrogen-bond donors (Lipinski definition) is 0. The first-order chi connectivity index (χ1) is 28.6. The molecule has 0 aliphatic carbocycles. The SMILES string of the molecule is [C-]#[N+]c1ccc(-c2cccc3c4cccc(-c5ccc(C#N)cc5)c4n(-c4cccc5c4C(=O)N(c4c(-c6ccccc6)cccc4-c4ccccc4)C5=O)c23)cc1. The van der Waals surface area contributed by atoms with E-state index in [1.54, 1.807) is 18.2 Å². The van der Waals surface area contributed by atoms with Crippen molar-refractivity contribution in [3.8, 4) is 56.3 Å². The molecule has 0 spiro atoms. The molecule has 0 saturated carbocycles. The van der Waals surface area contributed by atoms with Crippen molar-refractivity contribution in [1.29, 1.82) is 5.26 Å². The summed E-state index contributed by atoms with van der Waals surface area (Å²) in [5.74, 6) is -0.814. The summed E-state index contributed by atoms with van der Waals surface area (Å²) in [5.41, 5.74) is 11.4. The molecule has 6 nitrogen and oxygen atoms in total. The van der Waals surface area contributed by atoms with Crippen molar-refractivity contribution in [3.05, 3.63) is 210 Å². The lowest BCUT2D eigenvalue weighted by atomic mass is 9.95. The highest BCUT2D eigenvalue weighted by atomic mass is 16.2. The Hall–Kier alpha value is -8.32. The molecule has 9 aromatic rings. The van der Waals surface area contributed by atoms with Crippen LogP contribution in [0.25, 0.3) is 76.8 Å². The minimum Gasteiger partial charge on any atom is -0.307 e. The van der Waals surface area contributed by atoms with E-state index in [1.807, 2.05) is 146 Å². The van der Waals surface area contributed by atoms with Gasteiger partial charge in [0.2, 0.25) is 0 Å². The van der Waals surface area contributed by atoms with E-state index >= 15 is 4.79 Å². The molecule has 2 heterocycles. The maximum Gasteiger partial charge on any atom is 0.268 e. The summed E-state index contributed by atoms with van der Waals surface area (Å²) in [5, 5.41) is 11.5. The van der Waals surface area contributed by atoms with Gasteiger partial charge in [-0.3, -0.25) is 9.59 Å². The second-order valence-electron chi connectivity index (χ2n) is 14.2. The highest BCUT2D eigenvalue weighted by molar-refractivity contribution is 6.37. The molecule has 0 fully saturated rings. The predicted octanol–water partition coefficient (Wildman–Crippen LogP) is 12.7. The zero-order chi connectivity index (χ0) is 39.3. The van der Waals surface area contributed by atoms with Crippen LogP contribution in [0.4, 0.5) is 11.4 Å². The molecule has 0 bridgehead atoms. The fourth-order valence-corrected chi connectivity index (χ4v) is 8.40. The van der Waals surface area contributed by atoms with Gasteiger partial charge in [0.1, 0.15) is 0 Å². The number of imide groups is 1. The number of para-hydroxylation sites is 3. The van der Waals surface area contributed by atoms with Crippen molar-refractivity contribution in [3.63, 3.8) is 0 Å². The second-order valence-corrected chi connectivity index (χ2v) is 14.2. The van der Waals surface area contributed by atoms with E-state index in [2.05, 4.69) is 33.7 Å². The van der Waals surface area contributed by atoms with E-state index in [4.69, 9.17) is 6.57 Å². The number of aromatic nitrogens is 1. The van der Waals surface area contributed by atoms with E-state index in [1.165, 1.54) is 4.90 Å². The Labute approximate surface area is 334 Å². The van der Waals surface area contributed by atoms with Gasteiger partial charge in [0, 0.05) is 33.0 Å². The molecule has 0 atom stereocenters. The number of hydrogen-bond acceptors (Lipinski definition) is 3. The van der Waals surface area contributed by atoms with E-state index in [0.717, 1.165) is 66.3 Å². The van der Waals surface area contributed by atoms with Gasteiger partial charge < -0.3 is 4.57 Å². The van der Waals surface area contributed by atoms with Crippen molar-refractivity contribution < 1.29 is 9.59 Å². The van der Waals surface area contributed by atoms with E-state index < -0.39 is 11.8 Å². The zero-order valence-corrected chi connectivity index (χ0v) is 30.9. The summed E-state index contributed by atoms with van der Waals surface area (Å²) >= 11 is 0. The Morgan fingerprint density at radius 3 is 1.47 bits per heavy atom. The van der Waals surface area contributed by atoms with Crippen molar-refractivity contribution in [2.24, 2.45) is 0 Å². The fourth-order valence-electron chi connectivity index (χ4n) is 8.40. The van der Waals surface area contributed by atoms with Gasteiger partial charge in [0.05, 0.1) is 51.7 Å². The summed E-state index contributed by atoms with van der Waals surface area (Å²) in [6.45, 7) is 7.55. The summed E-state index contributed by atoms with van der Waals surface area (Å²) in [6, 6.07) is 60.6. The van der Waals surface area contributed by atoms with Crippen LogP contribution in [0, 0.1) is 17.9 Å². The number of anilines is 1. The summed E-state index contributed by atoms with van der Waals surface area (Å²) < 4.78 is 2.13. The van der Waals surface area contributed by atoms with Crippen LogP contribution >= 0.6 is 0 Å². The lowest BCUT2D eigenvalue weighted by Crippen LogP contribution is -2.30. The largest absolute Gasteiger partial charge is 0.307 e. The molecule has 0 N–H and O–H groups in total. The van der Waals surface area contributed by atoms with E-state index in [9.17, 15) is 10.1 Å². The molecule has 1 aromatic heterocycles. The van der Waals surface area contributed by atoms with E-state index in [0.29, 0.717) is 33.8 Å². The number of nitriles is 1. The number of carbonyl (C=O) groups is 2. The summed E-state index contributed by atoms with van der Waals surface area (Å²) in [4.78, 5) is 35.4. The second kappa shape index (κ2) is 13.8. The van der Waals surface area contributed by atoms with Crippen LogP contribution in [0.1, 0.15) is 26.3 Å². The first-order valence-electron chi connectivity index (χ1n) is 18.9. The van der Waals surface area contributed by atoms with Crippen molar-refractivity contribution in [2.75, 3.05) is 4.90 Å². The number of amides is 2. The van der Waals surface area contributed by atoms with Crippen LogP contribution < -0.4 is 4.90 Å². The number of benzene rings is 8. The van der Waals surface area contributed by atoms with Crippen LogP contribution in [-0.2, 0) is 0 Å². The molecule has 1 aliphatic rings. The number of carbonyl (C=O) groups excluding carboxylic acids is 2. The Morgan fingerprint density at radius 1 is 0.466 bits per heavy atom. The van der Waals surface area contributed by atoms with Crippen molar-refractivity contribution in [2.45, 2.75) is 0 Å². The molecule has 0 saturated heterocycles. The Bertz CT molecular complexity index is 3030. The third-order valence-corrected chi connectivity index (χ3v) is 11.0. The van der Waals surface area contributed by atoms with Crippen LogP contribution in [0.15, 0.2) is 182 Å². The number of fused-ring (bicyclic) bond motifs is 4. The molecule has 58 heavy (non-hydrogen) atoms. The third kappa shape index (κ3) is 5.33. The zero-order valence-electron chi connectivity index (χ0n) is 30.9. The average molecular weight is 743 g/mol. The van der Waals surface area contributed by atoms with Gasteiger partial charge >= 0.3 is 0 Å². The standard InChI is InChI=1S/C52H30N4O2/c1-54-38-30-28-37(29-31-38)42-19-10-21-44-43-20-9-18-41(36-26-24-33(32-53)25-27-36)49(43)55(50(42)44)46-23-11-22-45-47(46)52(58)56(51(45)57)48-39(34-12-4-2-5-13-34)16-8-17-40(48)35-14-6-3-7-15-35/h2-31H. The van der Waals surface area contributed by atoms with Gasteiger partial charge in [-0.25, -0.2) is 9.74 Å². The molecular weight excluding hydrogens is 713 g/mol. The molecule has 0 radical (unpaired) electrons. The van der Waals surface area contributed by atoms with Gasteiger partial charge in [0.15, 0.2) is 5.69 Å². The fraction of sp³-hybridized carbons (Fsp3) is 0. The monoisotopic (exact) mass is 742 g/mol. The highest BCUT2D eigenvalue weighted by Crippen LogP contribution is 2.47. The average Bonchev–Trinajstić information content (AvgIpc) is 3.77. The van der Waals surface area contributed by atoms with Crippen molar-refractivity contribution >= 4 is 45.0 Å². The number of nitrogens with zero attached hydrogens (tertiary/aromatic N) is 4. The molecule has 6 heteroatoms. The lowest BCUT2D eigenvalue weighted by molar-refractivity contribution is 0.0926. The quantitative estimate of drug-likeness (QED) is 0.126. The first kappa shape index (κ1) is 34.2. The normalized spacial score (nSPS) is 12.1. The Kier molecular flexibility index (Phi) is 8.11. The maximum absolute atomic E-state index is 15.4. The smallest absolute Gasteiger partial charge is 0.268 e. The van der Waals surface area contributed by atoms with Crippen LogP contribution in [-0.4, -0.2) is 16.4 Å². The first-order valence-corrected chi connectivity index (χ1v) is 18.9. The summed E-state index contributed by atoms with van der Waals surface area (Å²) in [6.07, 6.45) is 0. The predicted molar refractivity (Wildman–Crippen MR) is 231 cm³/mol. The topological polar surface area (TPSA) is 70.5 Å². The Morgan fingerprint density at radius 2 is 0.931 bits per heavy atom. The molecule has 2 amide bonds. The third-order valence-electron chi connectivity index (χ3n) is 11.0. The molecular formula is C52H30N4O2. The van der Waals surface area contributed by atoms with Gasteiger partial charge in [-0.15, -0.1) is 0 Å². The Balaban J connectivity index is 1.27. The molecule has 270 valence electrons. The minimum absolute atomic E-state index is 0.306. The lowest BCUT2D eigenvalue weighted by Gasteiger charge is -2.23. The maximum atomic E-state index is 15.4. The van der Waals surface area contributed by atoms with Gasteiger partial charge in [-0.05, 0) is 46.5 Å². The summed E-state index contributed by atoms with van der Waals surface area (Å²) in [7, 11) is 0. The van der Waals surface area contributed by atoms with Gasteiger partial charge in [-0.1, -0.05) is 158 Å². The van der Waals surface area contributed by atoms with Crippen LogP contribution in [0.3, 0.4) is 0 Å².